The van der Waals surface area contributed by atoms with Crippen LogP contribution in [0.2, 0.25) is 0 Å². The van der Waals surface area contributed by atoms with E-state index < -0.39 is 11.6 Å². The van der Waals surface area contributed by atoms with Gasteiger partial charge in [0.1, 0.15) is 11.6 Å². The lowest BCUT2D eigenvalue weighted by Crippen LogP contribution is -2.48. The van der Waals surface area contributed by atoms with Crippen molar-refractivity contribution in [2.75, 3.05) is 31.1 Å². The van der Waals surface area contributed by atoms with E-state index in [9.17, 15) is 8.78 Å². The summed E-state index contributed by atoms with van der Waals surface area (Å²) in [5, 5.41) is 10.2. The van der Waals surface area contributed by atoms with Gasteiger partial charge in [0.05, 0.1) is 5.00 Å². The first-order chi connectivity index (χ1) is 13.2. The Morgan fingerprint density at radius 1 is 1.26 bits per heavy atom. The third-order valence-corrected chi connectivity index (χ3v) is 5.59. The summed E-state index contributed by atoms with van der Waals surface area (Å²) in [5.74, 6) is -0.303. The van der Waals surface area contributed by atoms with E-state index in [1.807, 2.05) is 6.92 Å². The van der Waals surface area contributed by atoms with Crippen molar-refractivity contribution in [1.29, 1.82) is 0 Å². The first kappa shape index (κ1) is 19.6. The van der Waals surface area contributed by atoms with Gasteiger partial charge in [0.25, 0.3) is 0 Å². The Hall–Kier alpha value is -2.15. The smallest absolute Gasteiger partial charge is 0.191 e. The molecule has 0 amide bonds. The van der Waals surface area contributed by atoms with E-state index in [0.29, 0.717) is 24.6 Å². The fourth-order valence-electron chi connectivity index (χ4n) is 3.22. The van der Waals surface area contributed by atoms with Gasteiger partial charge in [-0.25, -0.2) is 8.78 Å². The summed E-state index contributed by atoms with van der Waals surface area (Å²) in [4.78, 5) is 6.98. The van der Waals surface area contributed by atoms with Crippen LogP contribution < -0.4 is 15.5 Å². The molecule has 2 aromatic rings. The van der Waals surface area contributed by atoms with Gasteiger partial charge < -0.3 is 15.5 Å². The third kappa shape index (κ3) is 5.66. The molecule has 0 unspecified atom stereocenters. The van der Waals surface area contributed by atoms with Crippen LogP contribution in [0, 0.1) is 11.6 Å². The van der Waals surface area contributed by atoms with Crippen molar-refractivity contribution in [2.45, 2.75) is 32.2 Å². The van der Waals surface area contributed by atoms with Gasteiger partial charge in [-0.3, -0.25) is 4.99 Å². The Balaban J connectivity index is 1.50. The molecule has 0 radical (unpaired) electrons. The summed E-state index contributed by atoms with van der Waals surface area (Å²) >= 11 is 1.78. The van der Waals surface area contributed by atoms with Crippen molar-refractivity contribution in [2.24, 2.45) is 4.99 Å². The van der Waals surface area contributed by atoms with Gasteiger partial charge in [0.2, 0.25) is 0 Å². The number of anilines is 1. The predicted molar refractivity (Wildman–Crippen MR) is 109 cm³/mol. The number of nitrogens with zero attached hydrogens (tertiary/aromatic N) is 2. The van der Waals surface area contributed by atoms with E-state index in [4.69, 9.17) is 0 Å². The van der Waals surface area contributed by atoms with E-state index in [-0.39, 0.29) is 0 Å². The first-order valence-electron chi connectivity index (χ1n) is 9.43. The fraction of sp³-hybridized carbons (Fsp3) is 0.450. The van der Waals surface area contributed by atoms with Gasteiger partial charge in [-0.1, -0.05) is 6.07 Å². The number of rotatable bonds is 6. The number of hydrogen-bond donors (Lipinski definition) is 2. The fourth-order valence-corrected chi connectivity index (χ4v) is 4.01. The number of nitrogens with one attached hydrogen (secondary N) is 2. The standard InChI is InChI=1S/C20H26F2N4S/c1-2-23-20(24-10-7-15-5-6-16(21)14-18(15)22)25-17-8-11-26(12-9-17)19-4-3-13-27-19/h3-6,13-14,17H,2,7-12H2,1H3,(H2,23,24,25). The van der Waals surface area contributed by atoms with Crippen LogP contribution in [0.4, 0.5) is 13.8 Å². The number of aliphatic imine (C=N–C) groups is 1. The predicted octanol–water partition coefficient (Wildman–Crippen LogP) is 3.79. The molecule has 1 aliphatic rings. The van der Waals surface area contributed by atoms with Crippen LogP contribution >= 0.6 is 11.3 Å². The molecule has 1 saturated heterocycles. The minimum Gasteiger partial charge on any atom is -0.363 e. The maximum atomic E-state index is 13.7. The number of benzene rings is 1. The lowest BCUT2D eigenvalue weighted by molar-refractivity contribution is 0.463. The minimum absolute atomic E-state index is 0.376. The van der Waals surface area contributed by atoms with E-state index in [1.165, 1.54) is 17.1 Å². The SMILES string of the molecule is CCNC(=NCCc1ccc(F)cc1F)NC1CCN(c2cccs2)CC1. The maximum absolute atomic E-state index is 13.7. The highest BCUT2D eigenvalue weighted by molar-refractivity contribution is 7.14. The summed E-state index contributed by atoms with van der Waals surface area (Å²) in [6, 6.07) is 8.32. The zero-order valence-electron chi connectivity index (χ0n) is 15.5. The normalized spacial score (nSPS) is 15.8. The summed E-state index contributed by atoms with van der Waals surface area (Å²) in [6.45, 7) is 5.30. The molecule has 2 heterocycles. The topological polar surface area (TPSA) is 39.7 Å². The molecule has 0 bridgehead atoms. The summed E-state index contributed by atoms with van der Waals surface area (Å²) in [6.07, 6.45) is 2.54. The molecule has 27 heavy (non-hydrogen) atoms. The average molecular weight is 393 g/mol. The second kappa shape index (κ2) is 9.69. The minimum atomic E-state index is -0.552. The Bertz CT molecular complexity index is 740. The van der Waals surface area contributed by atoms with E-state index in [0.717, 1.165) is 44.5 Å². The highest BCUT2D eigenvalue weighted by atomic mass is 32.1. The molecule has 0 saturated carbocycles. The Kier molecular flexibility index (Phi) is 7.04. The number of guanidine groups is 1. The molecule has 2 N–H and O–H groups in total. The Morgan fingerprint density at radius 3 is 2.74 bits per heavy atom. The third-order valence-electron chi connectivity index (χ3n) is 4.66. The largest absolute Gasteiger partial charge is 0.363 e. The van der Waals surface area contributed by atoms with E-state index >= 15 is 0 Å². The molecule has 1 aliphatic heterocycles. The Labute approximate surface area is 163 Å². The van der Waals surface area contributed by atoms with Gasteiger partial charge in [-0.2, -0.15) is 0 Å². The molecule has 0 aliphatic carbocycles. The van der Waals surface area contributed by atoms with Crippen LogP contribution in [0.3, 0.4) is 0 Å². The van der Waals surface area contributed by atoms with Gasteiger partial charge >= 0.3 is 0 Å². The second-order valence-corrected chi connectivity index (χ2v) is 7.53. The van der Waals surface area contributed by atoms with Gasteiger partial charge in [-0.15, -0.1) is 11.3 Å². The number of halogens is 2. The van der Waals surface area contributed by atoms with Gasteiger partial charge in [0.15, 0.2) is 5.96 Å². The van der Waals surface area contributed by atoms with E-state index in [2.05, 4.69) is 38.0 Å². The molecule has 1 aromatic heterocycles. The molecule has 4 nitrogen and oxygen atoms in total. The van der Waals surface area contributed by atoms with Crippen LogP contribution in [0.15, 0.2) is 40.7 Å². The van der Waals surface area contributed by atoms with Gasteiger partial charge in [-0.05, 0) is 55.3 Å². The molecule has 1 aromatic carbocycles. The van der Waals surface area contributed by atoms with Crippen LogP contribution in [0.5, 0.6) is 0 Å². The molecule has 0 atom stereocenters. The summed E-state index contributed by atoms with van der Waals surface area (Å²) in [7, 11) is 0. The van der Waals surface area contributed by atoms with Crippen LogP contribution in [-0.2, 0) is 6.42 Å². The molecular weight excluding hydrogens is 366 g/mol. The van der Waals surface area contributed by atoms with Crippen LogP contribution in [0.1, 0.15) is 25.3 Å². The van der Waals surface area contributed by atoms with Crippen molar-refractivity contribution in [1.82, 2.24) is 10.6 Å². The van der Waals surface area contributed by atoms with Crippen molar-refractivity contribution in [3.8, 4) is 0 Å². The van der Waals surface area contributed by atoms with Crippen LogP contribution in [0.25, 0.3) is 0 Å². The van der Waals surface area contributed by atoms with E-state index in [1.54, 1.807) is 11.3 Å². The molecular formula is C20H26F2N4S. The van der Waals surface area contributed by atoms with Gasteiger partial charge in [0, 0.05) is 38.3 Å². The molecule has 7 heteroatoms. The average Bonchev–Trinajstić information content (AvgIpc) is 3.19. The molecule has 1 fully saturated rings. The zero-order chi connectivity index (χ0) is 19.1. The number of piperidine rings is 1. The highest BCUT2D eigenvalue weighted by Gasteiger charge is 2.20. The van der Waals surface area contributed by atoms with Crippen molar-refractivity contribution in [3.63, 3.8) is 0 Å². The van der Waals surface area contributed by atoms with Crippen molar-refractivity contribution >= 4 is 22.3 Å². The highest BCUT2D eigenvalue weighted by Crippen LogP contribution is 2.24. The molecule has 3 rings (SSSR count). The van der Waals surface area contributed by atoms with Crippen LogP contribution in [-0.4, -0.2) is 38.2 Å². The second-order valence-electron chi connectivity index (χ2n) is 6.60. The van der Waals surface area contributed by atoms with Crippen molar-refractivity contribution < 1.29 is 8.78 Å². The lowest BCUT2D eigenvalue weighted by Gasteiger charge is -2.33. The van der Waals surface area contributed by atoms with Crippen molar-refractivity contribution in [3.05, 3.63) is 52.9 Å². The maximum Gasteiger partial charge on any atom is 0.191 e. The lowest BCUT2D eigenvalue weighted by atomic mass is 10.1. The number of hydrogen-bond acceptors (Lipinski definition) is 3. The summed E-state index contributed by atoms with van der Waals surface area (Å²) in [5.41, 5.74) is 0.486. The summed E-state index contributed by atoms with van der Waals surface area (Å²) < 4.78 is 26.7. The first-order valence-corrected chi connectivity index (χ1v) is 10.3. The zero-order valence-corrected chi connectivity index (χ0v) is 16.4. The molecule has 0 spiro atoms. The Morgan fingerprint density at radius 2 is 2.07 bits per heavy atom. The number of thiophene rings is 1. The monoisotopic (exact) mass is 392 g/mol. The quantitative estimate of drug-likeness (QED) is 0.580. The molecule has 146 valence electrons.